The van der Waals surface area contributed by atoms with E-state index in [1.54, 1.807) is 24.3 Å². The first-order chi connectivity index (χ1) is 13.2. The van der Waals surface area contributed by atoms with Crippen LogP contribution in [0.3, 0.4) is 0 Å². The fourth-order valence-corrected chi connectivity index (χ4v) is 3.27. The highest BCUT2D eigenvalue weighted by atomic mass is 32.1. The molecule has 0 aliphatic rings. The molecule has 2 aromatic heterocycles. The molecular weight excluding hydrogens is 356 g/mol. The van der Waals surface area contributed by atoms with Crippen molar-refractivity contribution in [3.05, 3.63) is 71.2 Å². The lowest BCUT2D eigenvalue weighted by atomic mass is 10.2. The third-order valence-electron chi connectivity index (χ3n) is 3.95. The summed E-state index contributed by atoms with van der Waals surface area (Å²) in [5.41, 5.74) is 2.91. The number of thiophene rings is 1. The fraction of sp³-hybridized carbons (Fsp3) is 0.190. The summed E-state index contributed by atoms with van der Waals surface area (Å²) in [7, 11) is 0. The molecule has 0 fully saturated rings. The van der Waals surface area contributed by atoms with E-state index < -0.39 is 0 Å². The van der Waals surface area contributed by atoms with Crippen LogP contribution in [0.15, 0.2) is 60.1 Å². The Bertz CT molecular complexity index is 952. The van der Waals surface area contributed by atoms with Crippen LogP contribution in [0.2, 0.25) is 0 Å². The van der Waals surface area contributed by atoms with Gasteiger partial charge in [0, 0.05) is 24.4 Å². The minimum Gasteiger partial charge on any atom is -0.351 e. The monoisotopic (exact) mass is 376 g/mol. The highest BCUT2D eigenvalue weighted by Gasteiger charge is 2.11. The second-order valence-corrected chi connectivity index (χ2v) is 7.15. The van der Waals surface area contributed by atoms with E-state index in [1.165, 1.54) is 6.08 Å². The Labute approximate surface area is 162 Å². The first kappa shape index (κ1) is 18.6. The smallest absolute Gasteiger partial charge is 0.244 e. The number of carbonyl (C=O) groups excluding carboxylic acids is 1. The van der Waals surface area contributed by atoms with Crippen LogP contribution in [0.25, 0.3) is 16.6 Å². The van der Waals surface area contributed by atoms with Crippen LogP contribution >= 0.6 is 11.3 Å². The summed E-state index contributed by atoms with van der Waals surface area (Å²) in [5.74, 6) is -0.428. The minimum atomic E-state index is -0.218. The van der Waals surface area contributed by atoms with Crippen molar-refractivity contribution < 1.29 is 4.79 Å². The lowest BCUT2D eigenvalue weighted by Gasteiger charge is -2.02. The van der Waals surface area contributed by atoms with E-state index in [4.69, 9.17) is 10.4 Å². The lowest BCUT2D eigenvalue weighted by molar-refractivity contribution is -0.116. The Morgan fingerprint density at radius 1 is 1.33 bits per heavy atom. The molecule has 1 N–H and O–H groups in total. The second-order valence-electron chi connectivity index (χ2n) is 6.20. The molecule has 0 saturated carbocycles. The van der Waals surface area contributed by atoms with Crippen molar-refractivity contribution in [2.45, 2.75) is 13.5 Å². The first-order valence-electron chi connectivity index (χ1n) is 8.66. The van der Waals surface area contributed by atoms with Gasteiger partial charge in [-0.05, 0) is 30.0 Å². The van der Waals surface area contributed by atoms with E-state index in [9.17, 15) is 4.79 Å². The number of carbonyl (C=O) groups is 1. The molecule has 3 aromatic rings. The number of benzene rings is 1. The summed E-state index contributed by atoms with van der Waals surface area (Å²) in [4.78, 5) is 13.1. The Balaban J connectivity index is 1.79. The normalized spacial score (nSPS) is 12.0. The Morgan fingerprint density at radius 3 is 2.85 bits per heavy atom. The van der Waals surface area contributed by atoms with Crippen LogP contribution in [-0.4, -0.2) is 22.2 Å². The van der Waals surface area contributed by atoms with Crippen LogP contribution in [-0.2, 0) is 11.3 Å². The van der Waals surface area contributed by atoms with Gasteiger partial charge in [-0.1, -0.05) is 36.4 Å². The zero-order valence-corrected chi connectivity index (χ0v) is 15.8. The van der Waals surface area contributed by atoms with Gasteiger partial charge in [-0.15, -0.1) is 11.3 Å². The molecule has 0 spiro atoms. The molecule has 1 unspecified atom stereocenters. The molecule has 1 aromatic carbocycles. The van der Waals surface area contributed by atoms with Crippen molar-refractivity contribution in [1.29, 1.82) is 5.26 Å². The van der Waals surface area contributed by atoms with Gasteiger partial charge in [0.1, 0.15) is 5.69 Å². The van der Waals surface area contributed by atoms with Crippen molar-refractivity contribution >= 4 is 23.3 Å². The minimum absolute atomic E-state index is 0.211. The average molecular weight is 376 g/mol. The van der Waals surface area contributed by atoms with Gasteiger partial charge in [0.2, 0.25) is 5.91 Å². The number of nitrogens with zero attached hydrogens (tertiary/aromatic N) is 3. The van der Waals surface area contributed by atoms with Crippen LogP contribution < -0.4 is 5.32 Å². The van der Waals surface area contributed by atoms with Crippen molar-refractivity contribution in [2.75, 3.05) is 6.54 Å². The van der Waals surface area contributed by atoms with E-state index in [0.717, 1.165) is 21.7 Å². The molecule has 0 aliphatic heterocycles. The number of amides is 1. The first-order valence-corrected chi connectivity index (χ1v) is 9.54. The number of nitriles is 1. The van der Waals surface area contributed by atoms with Gasteiger partial charge < -0.3 is 5.32 Å². The molecule has 27 heavy (non-hydrogen) atoms. The van der Waals surface area contributed by atoms with E-state index in [2.05, 4.69) is 23.5 Å². The van der Waals surface area contributed by atoms with E-state index in [-0.39, 0.29) is 11.8 Å². The third-order valence-corrected chi connectivity index (χ3v) is 4.83. The van der Waals surface area contributed by atoms with Crippen LogP contribution in [0.5, 0.6) is 0 Å². The molecule has 0 saturated heterocycles. The summed E-state index contributed by atoms with van der Waals surface area (Å²) in [6.45, 7) is 2.77. The molecule has 0 radical (unpaired) electrons. The zero-order valence-electron chi connectivity index (χ0n) is 15.0. The molecular formula is C21H20N4OS. The summed E-state index contributed by atoms with van der Waals surface area (Å²) in [6, 6.07) is 16.2. The lowest BCUT2D eigenvalue weighted by Crippen LogP contribution is -2.25. The molecule has 0 bridgehead atoms. The maximum absolute atomic E-state index is 12.0. The molecule has 2 heterocycles. The maximum atomic E-state index is 12.0. The molecule has 1 atom stereocenters. The summed E-state index contributed by atoms with van der Waals surface area (Å²) < 4.78 is 1.89. The van der Waals surface area contributed by atoms with Crippen molar-refractivity contribution in [2.24, 2.45) is 5.92 Å². The summed E-state index contributed by atoms with van der Waals surface area (Å²) >= 11 is 1.61. The summed E-state index contributed by atoms with van der Waals surface area (Å²) in [6.07, 6.45) is 5.21. The summed E-state index contributed by atoms with van der Waals surface area (Å²) in [5, 5.41) is 18.2. The van der Waals surface area contributed by atoms with Crippen molar-refractivity contribution in [3.8, 4) is 16.6 Å². The van der Waals surface area contributed by atoms with Gasteiger partial charge in [0.15, 0.2) is 0 Å². The van der Waals surface area contributed by atoms with Crippen molar-refractivity contribution in [3.63, 3.8) is 0 Å². The van der Waals surface area contributed by atoms with E-state index >= 15 is 0 Å². The molecule has 1 amide bonds. The number of nitrogens with one attached hydrogen (secondary N) is 1. The fourth-order valence-electron chi connectivity index (χ4n) is 2.54. The van der Waals surface area contributed by atoms with Crippen LogP contribution in [0, 0.1) is 17.2 Å². The maximum Gasteiger partial charge on any atom is 0.244 e. The highest BCUT2D eigenvalue weighted by Crippen LogP contribution is 2.27. The Hall–Kier alpha value is -3.17. The number of aromatic nitrogens is 2. The SMILES string of the molecule is CC(C#N)CNC(=O)C=Cc1cn(Cc2ccccc2)nc1-c1cccs1. The molecule has 3 rings (SSSR count). The topological polar surface area (TPSA) is 70.7 Å². The number of rotatable bonds is 7. The Kier molecular flexibility index (Phi) is 6.18. The largest absolute Gasteiger partial charge is 0.351 e. The van der Waals surface area contributed by atoms with Crippen molar-refractivity contribution in [1.82, 2.24) is 15.1 Å². The van der Waals surface area contributed by atoms with Gasteiger partial charge in [-0.2, -0.15) is 10.4 Å². The molecule has 5 nitrogen and oxygen atoms in total. The molecule has 136 valence electrons. The van der Waals surface area contributed by atoms with Crippen LogP contribution in [0.1, 0.15) is 18.1 Å². The predicted octanol–water partition coefficient (Wildman–Crippen LogP) is 3.95. The second kappa shape index (κ2) is 8.97. The highest BCUT2D eigenvalue weighted by molar-refractivity contribution is 7.13. The number of hydrogen-bond acceptors (Lipinski definition) is 4. The average Bonchev–Trinajstić information content (AvgIpc) is 3.35. The van der Waals surface area contributed by atoms with Gasteiger partial charge in [-0.25, -0.2) is 0 Å². The number of hydrogen-bond donors (Lipinski definition) is 1. The third kappa shape index (κ3) is 5.16. The van der Waals surface area contributed by atoms with Gasteiger partial charge >= 0.3 is 0 Å². The zero-order chi connectivity index (χ0) is 19.1. The van der Waals surface area contributed by atoms with E-state index in [0.29, 0.717) is 13.1 Å². The van der Waals surface area contributed by atoms with E-state index in [1.807, 2.05) is 46.6 Å². The van der Waals surface area contributed by atoms with Gasteiger partial charge in [-0.3, -0.25) is 9.48 Å². The molecule has 6 heteroatoms. The molecule has 0 aliphatic carbocycles. The Morgan fingerprint density at radius 2 is 2.15 bits per heavy atom. The van der Waals surface area contributed by atoms with Crippen LogP contribution in [0.4, 0.5) is 0 Å². The predicted molar refractivity (Wildman–Crippen MR) is 108 cm³/mol. The quantitative estimate of drug-likeness (QED) is 0.635. The van der Waals surface area contributed by atoms with Gasteiger partial charge in [0.05, 0.1) is 23.4 Å². The standard InChI is InChI=1S/C21H20N4OS/c1-16(12-22)13-23-20(26)10-9-18-15-25(14-17-6-3-2-4-7-17)24-21(18)19-8-5-11-27-19/h2-11,15-16H,13-14H2,1H3,(H,23,26). The van der Waals surface area contributed by atoms with Gasteiger partial charge in [0.25, 0.3) is 0 Å².